The zero-order chi connectivity index (χ0) is 25.3. The molecule has 1 fully saturated rings. The second kappa shape index (κ2) is 9.73. The maximum atomic E-state index is 13.7. The number of nitrogen functional groups attached to an aromatic ring is 1. The van der Waals surface area contributed by atoms with Crippen LogP contribution < -0.4 is 5.73 Å². The van der Waals surface area contributed by atoms with Crippen molar-refractivity contribution >= 4 is 23.2 Å². The zero-order valence-corrected chi connectivity index (χ0v) is 20.9. The van der Waals surface area contributed by atoms with E-state index in [-0.39, 0.29) is 11.2 Å². The highest BCUT2D eigenvalue weighted by atomic mass is 16.7. The van der Waals surface area contributed by atoms with Crippen LogP contribution in [-0.4, -0.2) is 17.5 Å². The van der Waals surface area contributed by atoms with Gasteiger partial charge in [-0.1, -0.05) is 74.7 Å². The normalized spacial score (nSPS) is 16.1. The zero-order valence-electron chi connectivity index (χ0n) is 20.9. The third-order valence-corrected chi connectivity index (χ3v) is 8.07. The van der Waals surface area contributed by atoms with E-state index in [1.165, 1.54) is 11.1 Å². The lowest BCUT2D eigenvalue weighted by Crippen LogP contribution is -2.25. The van der Waals surface area contributed by atoms with Crippen LogP contribution in [0.2, 0.25) is 0 Å². The molecule has 0 amide bonds. The molecular weight excluding hydrogens is 448 g/mol. The van der Waals surface area contributed by atoms with Gasteiger partial charge in [-0.25, -0.2) is 4.79 Å². The maximum Gasteiger partial charge on any atom is 0.365 e. The molecule has 0 atom stereocenters. The van der Waals surface area contributed by atoms with Crippen molar-refractivity contribution in [2.24, 2.45) is 11.1 Å². The van der Waals surface area contributed by atoms with Gasteiger partial charge in [0.15, 0.2) is 0 Å². The van der Waals surface area contributed by atoms with E-state index < -0.39 is 5.97 Å². The summed E-state index contributed by atoms with van der Waals surface area (Å²) < 4.78 is 0. The summed E-state index contributed by atoms with van der Waals surface area (Å²) in [5.41, 5.74) is 12.7. The summed E-state index contributed by atoms with van der Waals surface area (Å²) in [7, 11) is 0. The first-order valence-electron chi connectivity index (χ1n) is 12.9. The molecule has 0 bridgehead atoms. The predicted molar refractivity (Wildman–Crippen MR) is 143 cm³/mol. The van der Waals surface area contributed by atoms with Crippen molar-refractivity contribution in [3.8, 4) is 11.1 Å². The Morgan fingerprint density at radius 1 is 0.917 bits per heavy atom. The van der Waals surface area contributed by atoms with Crippen LogP contribution >= 0.6 is 0 Å². The number of ketones is 1. The highest BCUT2D eigenvalue weighted by Gasteiger charge is 2.41. The van der Waals surface area contributed by atoms with E-state index in [9.17, 15) is 9.59 Å². The molecule has 2 aliphatic carbocycles. The Kier molecular flexibility index (Phi) is 6.48. The average Bonchev–Trinajstić information content (AvgIpc) is 3.16. The fourth-order valence-electron chi connectivity index (χ4n) is 5.70. The Balaban J connectivity index is 1.50. The van der Waals surface area contributed by atoms with Gasteiger partial charge in [-0.05, 0) is 77.8 Å². The molecule has 5 rings (SSSR count). The van der Waals surface area contributed by atoms with Gasteiger partial charge in [-0.15, -0.1) is 0 Å². The monoisotopic (exact) mass is 480 g/mol. The van der Waals surface area contributed by atoms with E-state index in [1.54, 1.807) is 24.3 Å². The number of hydrogen-bond acceptors (Lipinski definition) is 5. The molecule has 0 aliphatic heterocycles. The van der Waals surface area contributed by atoms with E-state index >= 15 is 0 Å². The summed E-state index contributed by atoms with van der Waals surface area (Å²) in [6.07, 6.45) is 5.61. The van der Waals surface area contributed by atoms with Crippen LogP contribution in [0.25, 0.3) is 11.1 Å². The van der Waals surface area contributed by atoms with Crippen LogP contribution in [0.5, 0.6) is 0 Å². The fourth-order valence-corrected chi connectivity index (χ4v) is 5.70. The quantitative estimate of drug-likeness (QED) is 0.124. The number of Topliss-reactive ketones (excluding diaryl/α,β-unsaturated/α-hetero) is 1. The lowest BCUT2D eigenvalue weighted by atomic mass is 9.73. The minimum absolute atomic E-state index is 0.179. The fraction of sp³-hybridized carbons (Fsp3) is 0.323. The molecule has 3 aromatic rings. The highest BCUT2D eigenvalue weighted by molar-refractivity contribution is 6.46. The number of anilines is 1. The first-order valence-corrected chi connectivity index (χ1v) is 12.9. The van der Waals surface area contributed by atoms with Gasteiger partial charge in [0.25, 0.3) is 0 Å². The molecule has 3 aromatic carbocycles. The Morgan fingerprint density at radius 3 is 2.22 bits per heavy atom. The second-order valence-corrected chi connectivity index (χ2v) is 9.97. The predicted octanol–water partition coefficient (Wildman–Crippen LogP) is 6.94. The van der Waals surface area contributed by atoms with Gasteiger partial charge in [0, 0.05) is 16.7 Å². The number of carbonyl (C=O) groups is 2. The van der Waals surface area contributed by atoms with Crippen molar-refractivity contribution in [2.75, 3.05) is 5.73 Å². The third kappa shape index (κ3) is 4.13. The van der Waals surface area contributed by atoms with Crippen LogP contribution in [0.1, 0.15) is 84.2 Å². The molecule has 36 heavy (non-hydrogen) atoms. The van der Waals surface area contributed by atoms with Crippen molar-refractivity contribution in [1.82, 2.24) is 0 Å². The summed E-state index contributed by atoms with van der Waals surface area (Å²) in [5.74, 6) is -0.343. The number of nitrogens with two attached hydrogens (primary N) is 1. The number of fused-ring (bicyclic) bond motifs is 3. The minimum atomic E-state index is -0.563. The van der Waals surface area contributed by atoms with Crippen LogP contribution in [-0.2, 0) is 10.3 Å². The second-order valence-electron chi connectivity index (χ2n) is 9.97. The number of hydrogen-bond donors (Lipinski definition) is 1. The molecule has 5 heteroatoms. The molecule has 2 N–H and O–H groups in total. The van der Waals surface area contributed by atoms with Gasteiger partial charge in [-0.3, -0.25) is 4.79 Å². The molecule has 0 radical (unpaired) electrons. The molecule has 0 spiro atoms. The first kappa shape index (κ1) is 24.0. The molecule has 0 heterocycles. The Bertz CT molecular complexity index is 1340. The van der Waals surface area contributed by atoms with E-state index in [2.05, 4.69) is 31.1 Å². The molecule has 2 aliphatic rings. The first-order chi connectivity index (χ1) is 17.5. The maximum absolute atomic E-state index is 13.7. The number of carbonyl (C=O) groups excluding carboxylic acids is 2. The van der Waals surface area contributed by atoms with Crippen molar-refractivity contribution < 1.29 is 14.4 Å². The van der Waals surface area contributed by atoms with Gasteiger partial charge >= 0.3 is 5.97 Å². The van der Waals surface area contributed by atoms with Crippen molar-refractivity contribution in [1.29, 1.82) is 0 Å². The smallest absolute Gasteiger partial charge is 0.365 e. The Hall–Kier alpha value is -3.73. The Morgan fingerprint density at radius 2 is 1.58 bits per heavy atom. The summed E-state index contributed by atoms with van der Waals surface area (Å²) in [5, 5.41) is 4.12. The van der Waals surface area contributed by atoms with Gasteiger partial charge in [0.1, 0.15) is 5.71 Å². The summed E-state index contributed by atoms with van der Waals surface area (Å²) in [6.45, 7) is 4.37. The van der Waals surface area contributed by atoms with Gasteiger partial charge in [-0.2, -0.15) is 0 Å². The summed E-state index contributed by atoms with van der Waals surface area (Å²) >= 11 is 0. The SMILES string of the molecule is CCC1(CC)c2cc(N)ccc2-c2ccc(C(=O)/C(CC3CCC3)=N/OC(=O)c3ccccc3)cc21. The number of benzene rings is 3. The van der Waals surface area contributed by atoms with Gasteiger partial charge in [0.05, 0.1) is 5.56 Å². The van der Waals surface area contributed by atoms with Gasteiger partial charge in [0.2, 0.25) is 5.78 Å². The van der Waals surface area contributed by atoms with Crippen molar-refractivity contribution in [3.63, 3.8) is 0 Å². The van der Waals surface area contributed by atoms with E-state index in [0.29, 0.717) is 29.2 Å². The lowest BCUT2D eigenvalue weighted by molar-refractivity contribution is 0.0513. The average molecular weight is 481 g/mol. The van der Waals surface area contributed by atoms with E-state index in [0.717, 1.165) is 48.9 Å². The molecule has 184 valence electrons. The van der Waals surface area contributed by atoms with E-state index in [1.807, 2.05) is 30.3 Å². The number of nitrogens with zero attached hydrogens (tertiary/aromatic N) is 1. The molecular formula is C31H32N2O3. The topological polar surface area (TPSA) is 81.8 Å². The van der Waals surface area contributed by atoms with Gasteiger partial charge < -0.3 is 10.6 Å². The standard InChI is InChI=1S/C31H32N2O3/c1-3-31(4-2)26-18-22(13-15-24(26)25-16-14-23(32)19-27(25)31)29(34)28(17-20-9-8-10-20)33-36-30(35)21-11-6-5-7-12-21/h5-7,11-16,18-20H,3-4,8-10,17,32H2,1-2H3/b33-28+. The molecule has 5 nitrogen and oxygen atoms in total. The molecule has 0 unspecified atom stereocenters. The largest absolute Gasteiger partial charge is 0.399 e. The number of rotatable bonds is 8. The van der Waals surface area contributed by atoms with Crippen LogP contribution in [0.15, 0.2) is 71.9 Å². The highest BCUT2D eigenvalue weighted by Crippen LogP contribution is 2.53. The number of oxime groups is 1. The van der Waals surface area contributed by atoms with Crippen LogP contribution in [0.3, 0.4) is 0 Å². The molecule has 1 saturated carbocycles. The lowest BCUT2D eigenvalue weighted by Gasteiger charge is -2.30. The molecule has 0 saturated heterocycles. The van der Waals surface area contributed by atoms with E-state index in [4.69, 9.17) is 10.6 Å². The van der Waals surface area contributed by atoms with Crippen molar-refractivity contribution in [2.45, 2.75) is 57.8 Å². The third-order valence-electron chi connectivity index (χ3n) is 8.07. The summed E-state index contributed by atoms with van der Waals surface area (Å²) in [4.78, 5) is 31.5. The minimum Gasteiger partial charge on any atom is -0.399 e. The van der Waals surface area contributed by atoms with Crippen LogP contribution in [0.4, 0.5) is 5.69 Å². The van der Waals surface area contributed by atoms with Crippen molar-refractivity contribution in [3.05, 3.63) is 89.0 Å². The molecule has 0 aromatic heterocycles. The van der Waals surface area contributed by atoms with Crippen LogP contribution in [0, 0.1) is 5.92 Å². The Labute approximate surface area is 212 Å². The summed E-state index contributed by atoms with van der Waals surface area (Å²) in [6, 6.07) is 20.8.